The summed E-state index contributed by atoms with van der Waals surface area (Å²) in [4.78, 5) is 8.88. The molecule has 7 nitrogen and oxygen atoms in total. The molecule has 0 bridgehead atoms. The van der Waals surface area contributed by atoms with Gasteiger partial charge in [0.05, 0.1) is 17.2 Å². The molecular weight excluding hydrogens is 421 g/mol. The number of anilines is 5. The third-order valence-corrected chi connectivity index (χ3v) is 6.46. The van der Waals surface area contributed by atoms with Gasteiger partial charge in [0.25, 0.3) is 0 Å². The quantitative estimate of drug-likeness (QED) is 0.433. The Morgan fingerprint density at radius 1 is 1.10 bits per heavy atom. The van der Waals surface area contributed by atoms with Gasteiger partial charge in [-0.2, -0.15) is 4.98 Å². The number of nitrogens with zero attached hydrogens (tertiary/aromatic N) is 2. The first-order valence-corrected chi connectivity index (χ1v) is 11.1. The molecule has 0 aliphatic carbocycles. The van der Waals surface area contributed by atoms with Crippen molar-refractivity contribution in [1.82, 2.24) is 9.97 Å². The molecule has 30 heavy (non-hydrogen) atoms. The minimum atomic E-state index is -1.20. The van der Waals surface area contributed by atoms with E-state index >= 15 is 0 Å². The van der Waals surface area contributed by atoms with Crippen LogP contribution in [0.15, 0.2) is 48.7 Å². The molecule has 1 aromatic heterocycles. The highest BCUT2D eigenvalue weighted by Gasteiger charge is 2.17. The van der Waals surface area contributed by atoms with E-state index in [1.807, 2.05) is 30.3 Å². The first kappa shape index (κ1) is 20.8. The summed E-state index contributed by atoms with van der Waals surface area (Å²) in [7, 11) is 2.05. The molecule has 9 heteroatoms. The lowest BCUT2D eigenvalue weighted by Crippen LogP contribution is -2.12. The Kier molecular flexibility index (Phi) is 6.65. The number of fused-ring (bicyclic) bond motifs is 1. The Hall–Kier alpha value is -2.44. The maximum atomic E-state index is 6.36. The van der Waals surface area contributed by atoms with E-state index in [1.54, 1.807) is 20.4 Å². The monoisotopic (exact) mass is 443 g/mol. The van der Waals surface area contributed by atoms with Crippen molar-refractivity contribution in [1.29, 1.82) is 0 Å². The molecule has 0 unspecified atom stereocenters. The summed E-state index contributed by atoms with van der Waals surface area (Å²) in [6.45, 7) is 0.993. The molecule has 156 valence electrons. The molecule has 2 heterocycles. The lowest BCUT2D eigenvalue weighted by atomic mass is 10.0. The highest BCUT2D eigenvalue weighted by Crippen LogP contribution is 2.38. The fraction of sp³-hybridized carbons (Fsp3) is 0.238. The number of hydrogen-bond donors (Lipinski definition) is 3. The van der Waals surface area contributed by atoms with Crippen LogP contribution in [0.1, 0.15) is 12.0 Å². The van der Waals surface area contributed by atoms with Gasteiger partial charge in [0.15, 0.2) is 5.82 Å². The van der Waals surface area contributed by atoms with Crippen LogP contribution >= 0.6 is 20.0 Å². The molecule has 0 atom stereocenters. The van der Waals surface area contributed by atoms with Gasteiger partial charge < -0.3 is 25.0 Å². The lowest BCUT2D eigenvalue weighted by molar-refractivity contribution is 0.350. The predicted octanol–water partition coefficient (Wildman–Crippen LogP) is 5.21. The van der Waals surface area contributed by atoms with Crippen LogP contribution in [0.2, 0.25) is 5.02 Å². The number of halogens is 1. The zero-order valence-corrected chi connectivity index (χ0v) is 18.4. The Bertz CT molecular complexity index is 1030. The van der Waals surface area contributed by atoms with Crippen molar-refractivity contribution >= 4 is 54.1 Å². The zero-order valence-electron chi connectivity index (χ0n) is 16.8. The highest BCUT2D eigenvalue weighted by atomic mass is 35.5. The largest absolute Gasteiger partial charge is 0.385 e. The molecule has 1 aliphatic heterocycles. The predicted molar refractivity (Wildman–Crippen MR) is 124 cm³/mol. The van der Waals surface area contributed by atoms with Crippen molar-refractivity contribution < 1.29 is 9.05 Å². The average Bonchev–Trinajstić information content (AvgIpc) is 2.78. The summed E-state index contributed by atoms with van der Waals surface area (Å²) in [5.74, 6) is 0.954. The molecule has 0 saturated heterocycles. The molecule has 0 amide bonds. The SMILES string of the molecule is COP(OC)c1ccccc1Nc1nc(Nc2ccc3c(c2)NCCC3)ncc1Cl. The van der Waals surface area contributed by atoms with E-state index < -0.39 is 8.38 Å². The van der Waals surface area contributed by atoms with E-state index in [2.05, 4.69) is 38.1 Å². The first-order chi connectivity index (χ1) is 14.7. The van der Waals surface area contributed by atoms with Crippen LogP contribution in [0, 0.1) is 0 Å². The summed E-state index contributed by atoms with van der Waals surface area (Å²) < 4.78 is 10.9. The van der Waals surface area contributed by atoms with Crippen LogP contribution in [0.25, 0.3) is 0 Å². The third-order valence-electron chi connectivity index (χ3n) is 4.73. The minimum Gasteiger partial charge on any atom is -0.385 e. The number of benzene rings is 2. The molecule has 3 N–H and O–H groups in total. The van der Waals surface area contributed by atoms with Crippen molar-refractivity contribution in [3.63, 3.8) is 0 Å². The van der Waals surface area contributed by atoms with E-state index in [4.69, 9.17) is 20.6 Å². The van der Waals surface area contributed by atoms with E-state index in [9.17, 15) is 0 Å². The van der Waals surface area contributed by atoms with E-state index in [-0.39, 0.29) is 0 Å². The van der Waals surface area contributed by atoms with Crippen LogP contribution in [0.4, 0.5) is 28.8 Å². The second-order valence-electron chi connectivity index (χ2n) is 6.68. The lowest BCUT2D eigenvalue weighted by Gasteiger charge is -2.19. The molecule has 3 aromatic rings. The molecule has 0 fully saturated rings. The smallest absolute Gasteiger partial charge is 0.229 e. The van der Waals surface area contributed by atoms with Crippen molar-refractivity contribution in [2.45, 2.75) is 12.8 Å². The minimum absolute atomic E-state index is 0.418. The summed E-state index contributed by atoms with van der Waals surface area (Å²) in [5.41, 5.74) is 4.21. The van der Waals surface area contributed by atoms with Gasteiger partial charge in [0.1, 0.15) is 5.02 Å². The average molecular weight is 444 g/mol. The summed E-state index contributed by atoms with van der Waals surface area (Å²) >= 11 is 6.36. The Balaban J connectivity index is 1.57. The molecule has 4 rings (SSSR count). The Morgan fingerprint density at radius 3 is 2.77 bits per heavy atom. The van der Waals surface area contributed by atoms with E-state index in [1.165, 1.54) is 5.56 Å². The summed E-state index contributed by atoms with van der Waals surface area (Å²) in [6, 6.07) is 14.0. The molecule has 2 aromatic carbocycles. The van der Waals surface area contributed by atoms with E-state index in [0.29, 0.717) is 16.8 Å². The van der Waals surface area contributed by atoms with Crippen LogP contribution in [-0.2, 0) is 15.5 Å². The number of para-hydroxylation sites is 1. The molecule has 0 radical (unpaired) electrons. The topological polar surface area (TPSA) is 80.3 Å². The first-order valence-electron chi connectivity index (χ1n) is 9.58. The normalized spacial score (nSPS) is 12.9. The maximum absolute atomic E-state index is 6.36. The summed E-state index contributed by atoms with van der Waals surface area (Å²) in [6.07, 6.45) is 3.83. The van der Waals surface area contributed by atoms with Crippen LogP contribution in [0.3, 0.4) is 0 Å². The van der Waals surface area contributed by atoms with Crippen LogP contribution < -0.4 is 21.3 Å². The van der Waals surface area contributed by atoms with Crippen molar-refractivity contribution in [3.8, 4) is 0 Å². The third kappa shape index (κ3) is 4.65. The fourth-order valence-corrected chi connectivity index (χ4v) is 4.54. The molecular formula is C21H23ClN5O2P. The zero-order chi connectivity index (χ0) is 20.9. The molecule has 0 spiro atoms. The second kappa shape index (κ2) is 9.58. The van der Waals surface area contributed by atoms with Crippen LogP contribution in [0.5, 0.6) is 0 Å². The Morgan fingerprint density at radius 2 is 1.93 bits per heavy atom. The fourth-order valence-electron chi connectivity index (χ4n) is 3.32. The maximum Gasteiger partial charge on any atom is 0.229 e. The van der Waals surface area contributed by atoms with Crippen molar-refractivity contribution in [3.05, 3.63) is 59.2 Å². The van der Waals surface area contributed by atoms with Crippen molar-refractivity contribution in [2.75, 3.05) is 36.7 Å². The van der Waals surface area contributed by atoms with Crippen molar-refractivity contribution in [2.24, 2.45) is 0 Å². The van der Waals surface area contributed by atoms with Gasteiger partial charge >= 0.3 is 0 Å². The number of aryl methyl sites for hydroxylation is 1. The number of nitrogens with one attached hydrogen (secondary N) is 3. The van der Waals surface area contributed by atoms with Gasteiger partial charge in [-0.05, 0) is 42.7 Å². The number of aromatic nitrogens is 2. The van der Waals surface area contributed by atoms with Gasteiger partial charge in [-0.3, -0.25) is 0 Å². The number of hydrogen-bond acceptors (Lipinski definition) is 7. The highest BCUT2D eigenvalue weighted by molar-refractivity contribution is 7.56. The summed E-state index contributed by atoms with van der Waals surface area (Å²) in [5, 5.41) is 11.3. The van der Waals surface area contributed by atoms with Gasteiger partial charge in [0.2, 0.25) is 14.3 Å². The Labute approximate surface area is 182 Å². The van der Waals surface area contributed by atoms with E-state index in [0.717, 1.165) is 41.8 Å². The molecule has 1 aliphatic rings. The van der Waals surface area contributed by atoms with Gasteiger partial charge in [-0.1, -0.05) is 29.8 Å². The second-order valence-corrected chi connectivity index (χ2v) is 8.82. The number of rotatable bonds is 7. The standard InChI is InChI=1S/C21H23ClN5O2P/c1-28-30(29-2)19-8-4-3-7-17(19)26-20-16(22)13-24-21(27-20)25-15-10-9-14-6-5-11-23-18(14)12-15/h3-4,7-10,12-13,23H,5-6,11H2,1-2H3,(H2,24,25,26,27). The molecule has 0 saturated carbocycles. The van der Waals surface area contributed by atoms with Gasteiger partial charge in [0, 0.05) is 32.1 Å². The van der Waals surface area contributed by atoms with Crippen LogP contribution in [-0.4, -0.2) is 30.7 Å². The van der Waals surface area contributed by atoms with Gasteiger partial charge in [-0.15, -0.1) is 0 Å². The van der Waals surface area contributed by atoms with Gasteiger partial charge in [-0.25, -0.2) is 4.98 Å².